The highest BCUT2D eigenvalue weighted by molar-refractivity contribution is 9.10. The van der Waals surface area contributed by atoms with Gasteiger partial charge in [-0.1, -0.05) is 18.5 Å². The van der Waals surface area contributed by atoms with Crippen LogP contribution in [0.1, 0.15) is 6.92 Å². The average Bonchev–Trinajstić information content (AvgIpc) is 2.15. The molecule has 0 aliphatic rings. The van der Waals surface area contributed by atoms with Crippen LogP contribution in [0.15, 0.2) is 22.7 Å². The van der Waals surface area contributed by atoms with Crippen molar-refractivity contribution in [2.45, 2.75) is 6.92 Å². The summed E-state index contributed by atoms with van der Waals surface area (Å²) >= 11 is 11.2. The van der Waals surface area contributed by atoms with Gasteiger partial charge in [-0.05, 0) is 39.9 Å². The molecule has 4 heteroatoms. The van der Waals surface area contributed by atoms with Crippen molar-refractivity contribution in [2.24, 2.45) is 0 Å². The molecule has 0 fully saturated rings. The zero-order valence-corrected chi connectivity index (χ0v) is 11.2. The van der Waals surface area contributed by atoms with Gasteiger partial charge in [0.2, 0.25) is 0 Å². The molecule has 0 aliphatic carbocycles. The van der Waals surface area contributed by atoms with Crippen LogP contribution < -0.4 is 5.32 Å². The van der Waals surface area contributed by atoms with Crippen molar-refractivity contribution in [1.82, 2.24) is 0 Å². The van der Waals surface area contributed by atoms with E-state index in [2.05, 4.69) is 28.2 Å². The lowest BCUT2D eigenvalue weighted by Crippen LogP contribution is -2.04. The molecule has 0 atom stereocenters. The number of nitrogens with one attached hydrogen (secondary N) is 1. The topological polar surface area (TPSA) is 12.0 Å². The molecule has 0 unspecified atom stereocenters. The minimum atomic E-state index is 0.755. The zero-order valence-electron chi connectivity index (χ0n) is 8.02. The second-order valence-corrected chi connectivity index (χ2v) is 5.43. The summed E-state index contributed by atoms with van der Waals surface area (Å²) in [6, 6.07) is 5.78. The molecule has 1 nitrogen and oxygen atoms in total. The van der Waals surface area contributed by atoms with E-state index in [4.69, 9.17) is 11.6 Å². The quantitative estimate of drug-likeness (QED) is 0.814. The van der Waals surface area contributed by atoms with Crippen LogP contribution in [0.5, 0.6) is 0 Å². The Kier molecular flexibility index (Phi) is 5.75. The van der Waals surface area contributed by atoms with E-state index in [-0.39, 0.29) is 0 Å². The van der Waals surface area contributed by atoms with Gasteiger partial charge in [-0.2, -0.15) is 11.8 Å². The van der Waals surface area contributed by atoms with Crippen LogP contribution in [0.3, 0.4) is 0 Å². The van der Waals surface area contributed by atoms with Crippen LogP contribution in [0.2, 0.25) is 5.02 Å². The first-order valence-electron chi connectivity index (χ1n) is 4.50. The van der Waals surface area contributed by atoms with Gasteiger partial charge in [0.25, 0.3) is 0 Å². The summed E-state index contributed by atoms with van der Waals surface area (Å²) < 4.78 is 1.02. The van der Waals surface area contributed by atoms with Gasteiger partial charge >= 0.3 is 0 Å². The molecular weight excluding hydrogens is 282 g/mol. The van der Waals surface area contributed by atoms with Crippen molar-refractivity contribution in [1.29, 1.82) is 0 Å². The maximum atomic E-state index is 5.84. The predicted octanol–water partition coefficient (Wildman–Crippen LogP) is 4.27. The summed E-state index contributed by atoms with van der Waals surface area (Å²) in [5, 5.41) is 4.10. The van der Waals surface area contributed by atoms with Crippen molar-refractivity contribution < 1.29 is 0 Å². The Labute approximate surface area is 103 Å². The Bertz CT molecular complexity index is 293. The number of thioether (sulfide) groups is 1. The number of anilines is 1. The second kappa shape index (κ2) is 6.59. The summed E-state index contributed by atoms with van der Waals surface area (Å²) in [7, 11) is 0. The number of halogens is 2. The van der Waals surface area contributed by atoms with Crippen molar-refractivity contribution >= 4 is 45.0 Å². The molecule has 78 valence electrons. The Hall–Kier alpha value is 0.140. The first-order chi connectivity index (χ1) is 6.74. The molecule has 1 N–H and O–H groups in total. The average molecular weight is 295 g/mol. The Morgan fingerprint density at radius 2 is 2.29 bits per heavy atom. The van der Waals surface area contributed by atoms with Gasteiger partial charge in [0.15, 0.2) is 0 Å². The lowest BCUT2D eigenvalue weighted by atomic mass is 10.3. The lowest BCUT2D eigenvalue weighted by Gasteiger charge is -2.07. The van der Waals surface area contributed by atoms with E-state index in [1.54, 1.807) is 0 Å². The van der Waals surface area contributed by atoms with Crippen molar-refractivity contribution in [3.05, 3.63) is 27.7 Å². The van der Waals surface area contributed by atoms with Crippen molar-refractivity contribution in [3.8, 4) is 0 Å². The van der Waals surface area contributed by atoms with Crippen LogP contribution in [-0.2, 0) is 0 Å². The highest BCUT2D eigenvalue weighted by Crippen LogP contribution is 2.25. The van der Waals surface area contributed by atoms with E-state index in [0.717, 1.165) is 27.5 Å². The van der Waals surface area contributed by atoms with Gasteiger partial charge in [0.1, 0.15) is 0 Å². The highest BCUT2D eigenvalue weighted by atomic mass is 79.9. The second-order valence-electron chi connectivity index (χ2n) is 2.75. The van der Waals surface area contributed by atoms with Crippen molar-refractivity contribution in [3.63, 3.8) is 0 Å². The molecule has 1 rings (SSSR count). The van der Waals surface area contributed by atoms with Crippen molar-refractivity contribution in [2.75, 3.05) is 23.4 Å². The summed E-state index contributed by atoms with van der Waals surface area (Å²) in [6.45, 7) is 3.15. The lowest BCUT2D eigenvalue weighted by molar-refractivity contribution is 1.22. The molecule has 14 heavy (non-hydrogen) atoms. The highest BCUT2D eigenvalue weighted by Gasteiger charge is 1.98. The predicted molar refractivity (Wildman–Crippen MR) is 70.6 cm³/mol. The summed E-state index contributed by atoms with van der Waals surface area (Å²) in [5.41, 5.74) is 1.10. The van der Waals surface area contributed by atoms with Gasteiger partial charge in [0, 0.05) is 27.5 Å². The van der Waals surface area contributed by atoms with E-state index >= 15 is 0 Å². The van der Waals surface area contributed by atoms with E-state index < -0.39 is 0 Å². The molecule has 1 aromatic rings. The molecular formula is C10H13BrClNS. The molecule has 0 saturated carbocycles. The van der Waals surface area contributed by atoms with E-state index in [1.165, 1.54) is 5.75 Å². The fraction of sp³-hybridized carbons (Fsp3) is 0.400. The minimum Gasteiger partial charge on any atom is -0.383 e. The third-order valence-electron chi connectivity index (χ3n) is 1.70. The van der Waals surface area contributed by atoms with E-state index in [1.807, 2.05) is 30.0 Å². The molecule has 0 heterocycles. The number of benzene rings is 1. The number of hydrogen-bond donors (Lipinski definition) is 1. The van der Waals surface area contributed by atoms with Gasteiger partial charge in [-0.15, -0.1) is 0 Å². The maximum absolute atomic E-state index is 5.84. The van der Waals surface area contributed by atoms with Crippen LogP contribution in [0, 0.1) is 0 Å². The summed E-state index contributed by atoms with van der Waals surface area (Å²) in [4.78, 5) is 0. The van der Waals surface area contributed by atoms with Crippen LogP contribution >= 0.6 is 39.3 Å². The molecule has 1 aromatic carbocycles. The molecule has 0 aliphatic heterocycles. The van der Waals surface area contributed by atoms with Crippen LogP contribution in [0.4, 0.5) is 5.69 Å². The normalized spacial score (nSPS) is 10.2. The fourth-order valence-corrected chi connectivity index (χ4v) is 2.39. The van der Waals surface area contributed by atoms with Gasteiger partial charge in [0.05, 0.1) is 0 Å². The van der Waals surface area contributed by atoms with Gasteiger partial charge in [-0.25, -0.2) is 0 Å². The summed E-state index contributed by atoms with van der Waals surface area (Å²) in [5.74, 6) is 2.30. The van der Waals surface area contributed by atoms with Crippen LogP contribution in [-0.4, -0.2) is 18.1 Å². The first kappa shape index (κ1) is 12.2. The van der Waals surface area contributed by atoms with Gasteiger partial charge in [-0.3, -0.25) is 0 Å². The third-order valence-corrected chi connectivity index (χ3v) is 3.49. The smallest absolute Gasteiger partial charge is 0.0485 e. The standard InChI is InChI=1S/C10H13BrClNS/c1-2-14-6-5-13-10-4-3-8(12)7-9(10)11/h3-4,7,13H,2,5-6H2,1H3. The molecule has 0 bridgehead atoms. The molecule has 0 radical (unpaired) electrons. The Morgan fingerprint density at radius 1 is 1.50 bits per heavy atom. The Morgan fingerprint density at radius 3 is 2.93 bits per heavy atom. The first-order valence-corrected chi connectivity index (χ1v) is 6.83. The largest absolute Gasteiger partial charge is 0.383 e. The molecule has 0 aromatic heterocycles. The monoisotopic (exact) mass is 293 g/mol. The zero-order chi connectivity index (χ0) is 10.4. The minimum absolute atomic E-state index is 0.755. The van der Waals surface area contributed by atoms with E-state index in [0.29, 0.717) is 0 Å². The van der Waals surface area contributed by atoms with Gasteiger partial charge < -0.3 is 5.32 Å². The molecule has 0 saturated heterocycles. The maximum Gasteiger partial charge on any atom is 0.0485 e. The Balaban J connectivity index is 2.42. The third kappa shape index (κ3) is 4.11. The number of rotatable bonds is 5. The van der Waals surface area contributed by atoms with Crippen LogP contribution in [0.25, 0.3) is 0 Å². The summed E-state index contributed by atoms with van der Waals surface area (Å²) in [6.07, 6.45) is 0. The van der Waals surface area contributed by atoms with E-state index in [9.17, 15) is 0 Å². The number of hydrogen-bond acceptors (Lipinski definition) is 2. The molecule has 0 amide bonds. The molecule has 0 spiro atoms. The fourth-order valence-electron chi connectivity index (χ4n) is 1.04. The SMILES string of the molecule is CCSCCNc1ccc(Cl)cc1Br.